The van der Waals surface area contributed by atoms with Gasteiger partial charge in [-0.15, -0.1) is 0 Å². The van der Waals surface area contributed by atoms with Crippen molar-refractivity contribution in [3.05, 3.63) is 12.3 Å². The van der Waals surface area contributed by atoms with Crippen LogP contribution in [-0.2, 0) is 9.53 Å². The predicted molar refractivity (Wildman–Crippen MR) is 84.7 cm³/mol. The number of carbonyl (C=O) groups is 2. The van der Waals surface area contributed by atoms with Gasteiger partial charge in [0.25, 0.3) is 0 Å². The molecule has 0 aromatic carbocycles. The van der Waals surface area contributed by atoms with E-state index in [0.717, 1.165) is 31.6 Å². The molecule has 0 radical (unpaired) electrons. The molecule has 122 valence electrons. The van der Waals surface area contributed by atoms with E-state index in [1.165, 1.54) is 4.90 Å². The van der Waals surface area contributed by atoms with Gasteiger partial charge in [-0.1, -0.05) is 0 Å². The highest BCUT2D eigenvalue weighted by Gasteiger charge is 2.24. The topological polar surface area (TPSA) is 71.0 Å². The number of ether oxygens (including phenoxy) is 1. The van der Waals surface area contributed by atoms with E-state index >= 15 is 0 Å². The number of piperidine rings is 1. The van der Waals surface area contributed by atoms with Crippen molar-refractivity contribution in [2.24, 2.45) is 10.9 Å². The Kier molecular flexibility index (Phi) is 5.34. The summed E-state index contributed by atoms with van der Waals surface area (Å²) in [5, 5.41) is 3.26. The van der Waals surface area contributed by atoms with Crippen molar-refractivity contribution in [1.29, 1.82) is 0 Å². The number of hydrogen-bond donors (Lipinski definition) is 1. The van der Waals surface area contributed by atoms with Gasteiger partial charge in [-0.05, 0) is 52.8 Å². The number of amides is 1. The number of ketones is 1. The van der Waals surface area contributed by atoms with Gasteiger partial charge in [0.1, 0.15) is 18.1 Å². The zero-order chi connectivity index (χ0) is 16.2. The molecule has 22 heavy (non-hydrogen) atoms. The first kappa shape index (κ1) is 16.7. The minimum atomic E-state index is -0.528. The summed E-state index contributed by atoms with van der Waals surface area (Å²) in [5.41, 5.74) is 0.211. The lowest BCUT2D eigenvalue weighted by Gasteiger charge is -2.26. The molecule has 2 aliphatic heterocycles. The number of hydrogen-bond acceptors (Lipinski definition) is 5. The van der Waals surface area contributed by atoms with Crippen molar-refractivity contribution >= 4 is 17.6 Å². The van der Waals surface area contributed by atoms with E-state index in [1.807, 2.05) is 20.8 Å². The molecule has 1 fully saturated rings. The summed E-state index contributed by atoms with van der Waals surface area (Å²) in [6.07, 6.45) is 5.11. The monoisotopic (exact) mass is 307 g/mol. The van der Waals surface area contributed by atoms with Gasteiger partial charge in [0, 0.05) is 24.3 Å². The lowest BCUT2D eigenvalue weighted by Crippen LogP contribution is -2.36. The molecular formula is C16H25N3O3. The van der Waals surface area contributed by atoms with E-state index in [4.69, 9.17) is 4.74 Å². The number of Topliss-reactive ketones (excluding diaryl/α,β-unsaturated/α-hetero) is 1. The molecule has 2 rings (SSSR count). The Balaban J connectivity index is 1.83. The second-order valence-electron chi connectivity index (χ2n) is 6.72. The van der Waals surface area contributed by atoms with E-state index in [2.05, 4.69) is 10.3 Å². The van der Waals surface area contributed by atoms with Crippen molar-refractivity contribution < 1.29 is 14.3 Å². The molecule has 0 atom stereocenters. The Hall–Kier alpha value is -1.69. The highest BCUT2D eigenvalue weighted by atomic mass is 16.6. The van der Waals surface area contributed by atoms with Crippen LogP contribution in [0.3, 0.4) is 0 Å². The molecule has 2 heterocycles. The number of nitrogens with zero attached hydrogens (tertiary/aromatic N) is 2. The number of aliphatic imine (C=N–C) groups is 1. The fourth-order valence-corrected chi connectivity index (χ4v) is 2.46. The molecule has 0 unspecified atom stereocenters. The molecule has 0 spiro atoms. The smallest absolute Gasteiger partial charge is 0.415 e. The van der Waals surface area contributed by atoms with Crippen LogP contribution in [0.1, 0.15) is 40.0 Å². The van der Waals surface area contributed by atoms with Gasteiger partial charge < -0.3 is 10.1 Å². The zero-order valence-corrected chi connectivity index (χ0v) is 13.6. The van der Waals surface area contributed by atoms with Crippen LogP contribution >= 0.6 is 0 Å². The van der Waals surface area contributed by atoms with Crippen molar-refractivity contribution in [2.75, 3.05) is 19.8 Å². The third kappa shape index (κ3) is 4.94. The summed E-state index contributed by atoms with van der Waals surface area (Å²) in [7, 11) is 0. The van der Waals surface area contributed by atoms with Crippen LogP contribution < -0.4 is 5.32 Å². The van der Waals surface area contributed by atoms with Crippen LogP contribution in [0.5, 0.6) is 0 Å². The molecule has 1 amide bonds. The van der Waals surface area contributed by atoms with E-state index in [1.54, 1.807) is 12.3 Å². The lowest BCUT2D eigenvalue weighted by molar-refractivity contribution is -0.122. The Morgan fingerprint density at radius 2 is 2.05 bits per heavy atom. The van der Waals surface area contributed by atoms with Crippen LogP contribution in [0.25, 0.3) is 0 Å². The van der Waals surface area contributed by atoms with Crippen LogP contribution in [-0.4, -0.2) is 47.8 Å². The van der Waals surface area contributed by atoms with E-state index in [-0.39, 0.29) is 18.4 Å². The molecule has 0 saturated carbocycles. The molecule has 0 aromatic heterocycles. The largest absolute Gasteiger partial charge is 0.443 e. The van der Waals surface area contributed by atoms with Gasteiger partial charge in [-0.25, -0.2) is 4.79 Å². The Labute approximate surface area is 131 Å². The highest BCUT2D eigenvalue weighted by molar-refractivity contribution is 6.08. The van der Waals surface area contributed by atoms with Gasteiger partial charge in [0.05, 0.1) is 0 Å². The molecule has 0 aliphatic carbocycles. The molecule has 6 heteroatoms. The minimum Gasteiger partial charge on any atom is -0.443 e. The lowest BCUT2D eigenvalue weighted by atomic mass is 9.91. The van der Waals surface area contributed by atoms with Crippen LogP contribution in [0.4, 0.5) is 4.79 Å². The minimum absolute atomic E-state index is 0.140. The van der Waals surface area contributed by atoms with Gasteiger partial charge in [-0.2, -0.15) is 0 Å². The maximum Gasteiger partial charge on any atom is 0.415 e. The summed E-state index contributed by atoms with van der Waals surface area (Å²) in [6.45, 7) is 7.50. The second kappa shape index (κ2) is 7.05. The zero-order valence-electron chi connectivity index (χ0n) is 13.6. The van der Waals surface area contributed by atoms with Gasteiger partial charge in [0.15, 0.2) is 0 Å². The van der Waals surface area contributed by atoms with E-state index in [0.29, 0.717) is 6.42 Å². The SMILES string of the molecule is CC(C)(C)OC(=O)N1C=CC(CC(=O)C2CCNCC2)=NC1. The molecule has 2 aliphatic rings. The van der Waals surface area contributed by atoms with Gasteiger partial charge >= 0.3 is 6.09 Å². The van der Waals surface area contributed by atoms with Crippen molar-refractivity contribution in [1.82, 2.24) is 10.2 Å². The van der Waals surface area contributed by atoms with Gasteiger partial charge in [0.2, 0.25) is 0 Å². The Bertz CT molecular complexity index is 485. The molecule has 1 saturated heterocycles. The molecule has 0 aromatic rings. The van der Waals surface area contributed by atoms with E-state index < -0.39 is 11.7 Å². The number of nitrogens with one attached hydrogen (secondary N) is 1. The summed E-state index contributed by atoms with van der Waals surface area (Å²) in [4.78, 5) is 29.8. The van der Waals surface area contributed by atoms with Crippen LogP contribution in [0.15, 0.2) is 17.3 Å². The molecule has 6 nitrogen and oxygen atoms in total. The molecular weight excluding hydrogens is 282 g/mol. The summed E-state index contributed by atoms with van der Waals surface area (Å²) in [5.74, 6) is 0.386. The van der Waals surface area contributed by atoms with Crippen molar-refractivity contribution in [3.8, 4) is 0 Å². The Morgan fingerprint density at radius 3 is 2.59 bits per heavy atom. The summed E-state index contributed by atoms with van der Waals surface area (Å²) >= 11 is 0. The van der Waals surface area contributed by atoms with Gasteiger partial charge in [-0.3, -0.25) is 14.7 Å². The highest BCUT2D eigenvalue weighted by Crippen LogP contribution is 2.17. The van der Waals surface area contributed by atoms with Crippen molar-refractivity contribution in [3.63, 3.8) is 0 Å². The second-order valence-corrected chi connectivity index (χ2v) is 6.72. The average molecular weight is 307 g/mol. The first-order valence-electron chi connectivity index (χ1n) is 7.80. The fourth-order valence-electron chi connectivity index (χ4n) is 2.46. The predicted octanol–water partition coefficient (Wildman–Crippen LogP) is 2.11. The first-order chi connectivity index (χ1) is 10.3. The summed E-state index contributed by atoms with van der Waals surface area (Å²) < 4.78 is 5.28. The number of rotatable bonds is 3. The third-order valence-corrected chi connectivity index (χ3v) is 3.65. The van der Waals surface area contributed by atoms with Crippen LogP contribution in [0, 0.1) is 5.92 Å². The van der Waals surface area contributed by atoms with Crippen LogP contribution in [0.2, 0.25) is 0 Å². The third-order valence-electron chi connectivity index (χ3n) is 3.65. The quantitative estimate of drug-likeness (QED) is 0.867. The molecule has 1 N–H and O–H groups in total. The van der Waals surface area contributed by atoms with Crippen molar-refractivity contribution in [2.45, 2.75) is 45.6 Å². The molecule has 0 bridgehead atoms. The number of carbonyl (C=O) groups excluding carboxylic acids is 2. The Morgan fingerprint density at radius 1 is 1.36 bits per heavy atom. The fraction of sp³-hybridized carbons (Fsp3) is 0.688. The standard InChI is InChI=1S/C16H25N3O3/c1-16(2,3)22-15(21)19-9-6-13(18-11-19)10-14(20)12-4-7-17-8-5-12/h6,9,12,17H,4-5,7-8,10-11H2,1-3H3. The average Bonchev–Trinajstić information content (AvgIpc) is 2.47. The number of allylic oxidation sites excluding steroid dienone is 1. The maximum absolute atomic E-state index is 12.2. The maximum atomic E-state index is 12.2. The summed E-state index contributed by atoms with van der Waals surface area (Å²) in [6, 6.07) is 0. The normalized spacial score (nSPS) is 19.8. The first-order valence-corrected chi connectivity index (χ1v) is 7.80. The van der Waals surface area contributed by atoms with E-state index in [9.17, 15) is 9.59 Å².